The summed E-state index contributed by atoms with van der Waals surface area (Å²) in [5.74, 6) is -9.82. The van der Waals surface area contributed by atoms with Gasteiger partial charge in [0.2, 0.25) is 17.7 Å². The van der Waals surface area contributed by atoms with E-state index >= 15 is 0 Å². The topological polar surface area (TPSA) is 283 Å². The molecule has 0 rings (SSSR count). The maximum Gasteiger partial charge on any atom is 0.326 e. The monoisotopic (exact) mass is 464 g/mol. The second kappa shape index (κ2) is 13.5. The second-order valence-corrected chi connectivity index (χ2v) is 6.44. The molecule has 0 aromatic heterocycles. The molecule has 0 saturated carbocycles. The van der Waals surface area contributed by atoms with Crippen molar-refractivity contribution in [2.45, 2.75) is 49.9 Å². The molecule has 16 heteroatoms. The minimum Gasteiger partial charge on any atom is -0.481 e. The Labute approximate surface area is 179 Å². The molecule has 16 nitrogen and oxygen atoms in total. The first-order valence-corrected chi connectivity index (χ1v) is 8.94. The van der Waals surface area contributed by atoms with E-state index in [1.807, 2.05) is 16.0 Å². The molecular weight excluding hydrogens is 440 g/mol. The van der Waals surface area contributed by atoms with Gasteiger partial charge in [0.05, 0.1) is 19.4 Å². The Hall–Kier alpha value is -3.79. The largest absolute Gasteiger partial charge is 0.481 e. The van der Waals surface area contributed by atoms with Gasteiger partial charge in [-0.2, -0.15) is 0 Å². The number of nitrogens with two attached hydrogens (primary N) is 1. The number of carboxylic acids is 4. The Balaban J connectivity index is 5.51. The van der Waals surface area contributed by atoms with Crippen LogP contribution in [0.15, 0.2) is 0 Å². The number of rotatable bonds is 15. The van der Waals surface area contributed by atoms with Crippen LogP contribution in [0.2, 0.25) is 0 Å². The van der Waals surface area contributed by atoms with Gasteiger partial charge in [0.1, 0.15) is 24.2 Å². The van der Waals surface area contributed by atoms with Crippen molar-refractivity contribution in [2.24, 2.45) is 5.73 Å². The lowest BCUT2D eigenvalue weighted by Crippen LogP contribution is -2.58. The van der Waals surface area contributed by atoms with Crippen molar-refractivity contribution < 1.29 is 59.1 Å². The first kappa shape index (κ1) is 28.2. The zero-order chi connectivity index (χ0) is 25.0. The van der Waals surface area contributed by atoms with Crippen LogP contribution in [0.4, 0.5) is 0 Å². The van der Waals surface area contributed by atoms with E-state index in [1.54, 1.807) is 0 Å². The highest BCUT2D eigenvalue weighted by atomic mass is 16.4. The number of aliphatic hydroxyl groups excluding tert-OH is 1. The van der Waals surface area contributed by atoms with Crippen LogP contribution in [0.1, 0.15) is 25.7 Å². The molecule has 32 heavy (non-hydrogen) atoms. The van der Waals surface area contributed by atoms with Crippen molar-refractivity contribution in [1.82, 2.24) is 16.0 Å². The molecule has 4 atom stereocenters. The summed E-state index contributed by atoms with van der Waals surface area (Å²) in [7, 11) is 0. The number of aliphatic carboxylic acids is 4. The average Bonchev–Trinajstić information content (AvgIpc) is 2.67. The fraction of sp³-hybridized carbons (Fsp3) is 0.562. The smallest absolute Gasteiger partial charge is 0.326 e. The molecule has 0 fully saturated rings. The summed E-state index contributed by atoms with van der Waals surface area (Å²) in [5.41, 5.74) is 5.26. The van der Waals surface area contributed by atoms with E-state index in [-0.39, 0.29) is 0 Å². The van der Waals surface area contributed by atoms with E-state index in [0.717, 1.165) is 0 Å². The van der Waals surface area contributed by atoms with Crippen LogP contribution in [-0.2, 0) is 33.6 Å². The first-order chi connectivity index (χ1) is 14.8. The third-order valence-electron chi connectivity index (χ3n) is 3.82. The number of aliphatic hydroxyl groups is 1. The van der Waals surface area contributed by atoms with Gasteiger partial charge in [-0.25, -0.2) is 4.79 Å². The predicted molar refractivity (Wildman–Crippen MR) is 99.9 cm³/mol. The van der Waals surface area contributed by atoms with Gasteiger partial charge in [-0.05, 0) is 6.42 Å². The van der Waals surface area contributed by atoms with Crippen molar-refractivity contribution in [1.29, 1.82) is 0 Å². The third-order valence-corrected chi connectivity index (χ3v) is 3.82. The van der Waals surface area contributed by atoms with Crippen LogP contribution in [0.5, 0.6) is 0 Å². The number of carboxylic acid groups (broad SMARTS) is 4. The fourth-order valence-electron chi connectivity index (χ4n) is 2.20. The molecule has 0 radical (unpaired) electrons. The molecule has 0 aromatic carbocycles. The van der Waals surface area contributed by atoms with E-state index in [9.17, 15) is 33.6 Å². The molecule has 0 bridgehead atoms. The van der Waals surface area contributed by atoms with Gasteiger partial charge < -0.3 is 47.2 Å². The summed E-state index contributed by atoms with van der Waals surface area (Å²) >= 11 is 0. The van der Waals surface area contributed by atoms with Gasteiger partial charge in [0.15, 0.2) is 0 Å². The molecule has 4 unspecified atom stereocenters. The van der Waals surface area contributed by atoms with Crippen LogP contribution in [0, 0.1) is 0 Å². The van der Waals surface area contributed by atoms with Gasteiger partial charge in [0, 0.05) is 6.42 Å². The van der Waals surface area contributed by atoms with Crippen molar-refractivity contribution >= 4 is 41.6 Å². The lowest BCUT2D eigenvalue weighted by Gasteiger charge is -2.23. The summed E-state index contributed by atoms with van der Waals surface area (Å²) in [6.07, 6.45) is -3.22. The maximum atomic E-state index is 12.4. The van der Waals surface area contributed by atoms with Crippen LogP contribution in [0.25, 0.3) is 0 Å². The SMILES string of the molecule is NC(CO)C(=O)NC(CC(=O)O)C(=O)NC(CC(=O)O)C(=O)NC(CCC(=O)O)C(=O)O. The van der Waals surface area contributed by atoms with Crippen LogP contribution < -0.4 is 21.7 Å². The number of carbonyl (C=O) groups excluding carboxylic acids is 3. The molecule has 0 aromatic rings. The molecule has 0 aliphatic heterocycles. The molecule has 0 aliphatic carbocycles. The lowest BCUT2D eigenvalue weighted by atomic mass is 10.1. The summed E-state index contributed by atoms with van der Waals surface area (Å²) < 4.78 is 0. The van der Waals surface area contributed by atoms with E-state index in [0.29, 0.717) is 0 Å². The zero-order valence-electron chi connectivity index (χ0n) is 16.5. The molecule has 10 N–H and O–H groups in total. The Morgan fingerprint density at radius 2 is 1.06 bits per heavy atom. The summed E-state index contributed by atoms with van der Waals surface area (Å²) in [6, 6.07) is -6.93. The Bertz CT molecular complexity index is 755. The highest BCUT2D eigenvalue weighted by Gasteiger charge is 2.32. The van der Waals surface area contributed by atoms with Gasteiger partial charge in [0.25, 0.3) is 0 Å². The number of hydrogen-bond acceptors (Lipinski definition) is 9. The van der Waals surface area contributed by atoms with Crippen molar-refractivity contribution in [3.8, 4) is 0 Å². The molecule has 0 spiro atoms. The Morgan fingerprint density at radius 3 is 1.41 bits per heavy atom. The molecule has 180 valence electrons. The first-order valence-electron chi connectivity index (χ1n) is 8.94. The highest BCUT2D eigenvalue weighted by molar-refractivity contribution is 5.96. The molecular formula is C16H24N4O12. The Morgan fingerprint density at radius 1 is 0.656 bits per heavy atom. The van der Waals surface area contributed by atoms with Crippen LogP contribution in [0.3, 0.4) is 0 Å². The standard InChI is InChI=1S/C16H24N4O12/c17-6(5-21)13(28)19-8(3-11(24)25)15(30)20-9(4-12(26)27)14(29)18-7(16(31)32)1-2-10(22)23/h6-9,21H,1-5,17H2,(H,18,29)(H,19,28)(H,20,30)(H,22,23)(H,24,25)(H,26,27)(H,31,32). The summed E-state index contributed by atoms with van der Waals surface area (Å²) in [4.78, 5) is 80.3. The highest BCUT2D eigenvalue weighted by Crippen LogP contribution is 2.03. The molecule has 0 aliphatic rings. The van der Waals surface area contributed by atoms with Crippen LogP contribution >= 0.6 is 0 Å². The number of nitrogens with one attached hydrogen (secondary N) is 3. The minimum absolute atomic E-state index is 0.541. The second-order valence-electron chi connectivity index (χ2n) is 6.44. The van der Waals surface area contributed by atoms with Gasteiger partial charge in [-0.15, -0.1) is 0 Å². The van der Waals surface area contributed by atoms with E-state index in [1.165, 1.54) is 0 Å². The third kappa shape index (κ3) is 10.8. The predicted octanol–water partition coefficient (Wildman–Crippen LogP) is -4.34. The van der Waals surface area contributed by atoms with Gasteiger partial charge in [-0.3, -0.25) is 28.8 Å². The quantitative estimate of drug-likeness (QED) is 0.111. The molecule has 3 amide bonds. The van der Waals surface area contributed by atoms with Crippen molar-refractivity contribution in [3.63, 3.8) is 0 Å². The normalized spacial score (nSPS) is 14.2. The fourth-order valence-corrected chi connectivity index (χ4v) is 2.20. The van der Waals surface area contributed by atoms with Crippen molar-refractivity contribution in [3.05, 3.63) is 0 Å². The number of hydrogen-bond donors (Lipinski definition) is 9. The minimum atomic E-state index is -1.90. The average molecular weight is 464 g/mol. The molecule has 0 saturated heterocycles. The van der Waals surface area contributed by atoms with E-state index in [2.05, 4.69) is 0 Å². The lowest BCUT2D eigenvalue weighted by molar-refractivity contribution is -0.145. The summed E-state index contributed by atoms with van der Waals surface area (Å²) in [6.45, 7) is -0.829. The zero-order valence-corrected chi connectivity index (χ0v) is 16.5. The number of amides is 3. The van der Waals surface area contributed by atoms with Gasteiger partial charge >= 0.3 is 23.9 Å². The maximum absolute atomic E-state index is 12.4. The van der Waals surface area contributed by atoms with E-state index < -0.39 is 98.1 Å². The van der Waals surface area contributed by atoms with Crippen molar-refractivity contribution in [2.75, 3.05) is 6.61 Å². The number of carbonyl (C=O) groups is 7. The van der Waals surface area contributed by atoms with Gasteiger partial charge in [-0.1, -0.05) is 0 Å². The van der Waals surface area contributed by atoms with E-state index in [4.69, 9.17) is 31.3 Å². The Kier molecular flexibility index (Phi) is 11.9. The molecule has 0 heterocycles. The summed E-state index contributed by atoms with van der Waals surface area (Å²) in [5, 5.41) is 50.2. The van der Waals surface area contributed by atoms with Crippen LogP contribution in [-0.4, -0.2) is 97.9 Å².